The van der Waals surface area contributed by atoms with Crippen molar-refractivity contribution in [3.63, 3.8) is 0 Å². The summed E-state index contributed by atoms with van der Waals surface area (Å²) in [6, 6.07) is 18.2. The van der Waals surface area contributed by atoms with E-state index in [4.69, 9.17) is 4.74 Å². The summed E-state index contributed by atoms with van der Waals surface area (Å²) >= 11 is 0. The van der Waals surface area contributed by atoms with Crippen molar-refractivity contribution in [3.05, 3.63) is 66.2 Å². The summed E-state index contributed by atoms with van der Waals surface area (Å²) in [7, 11) is 0. The van der Waals surface area contributed by atoms with Gasteiger partial charge in [0, 0.05) is 24.4 Å². The van der Waals surface area contributed by atoms with Crippen LogP contribution in [0.1, 0.15) is 17.3 Å². The molecule has 7 heteroatoms. The van der Waals surface area contributed by atoms with Crippen molar-refractivity contribution in [2.75, 3.05) is 36.9 Å². The van der Waals surface area contributed by atoms with Gasteiger partial charge in [-0.2, -0.15) is 0 Å². The van der Waals surface area contributed by atoms with Gasteiger partial charge in [-0.15, -0.1) is 0 Å². The molecule has 7 nitrogen and oxygen atoms in total. The van der Waals surface area contributed by atoms with Crippen molar-refractivity contribution in [1.29, 1.82) is 0 Å². The molecule has 31 heavy (non-hydrogen) atoms. The molecular formula is C24H25N3O4. The molecule has 3 aromatic carbocycles. The van der Waals surface area contributed by atoms with Crippen LogP contribution in [0.4, 0.5) is 16.2 Å². The van der Waals surface area contributed by atoms with Gasteiger partial charge in [-0.05, 0) is 23.6 Å². The fraction of sp³-hybridized carbons (Fsp3) is 0.250. The van der Waals surface area contributed by atoms with E-state index in [1.54, 1.807) is 23.1 Å². The summed E-state index contributed by atoms with van der Waals surface area (Å²) < 4.78 is 5.94. The number of rotatable bonds is 4. The van der Waals surface area contributed by atoms with E-state index < -0.39 is 6.03 Å². The number of aliphatic hydroxyl groups excluding tert-OH is 1. The number of fused-ring (bicyclic) bond motifs is 2. The molecule has 1 heterocycles. The van der Waals surface area contributed by atoms with Gasteiger partial charge in [-0.3, -0.25) is 4.79 Å². The van der Waals surface area contributed by atoms with Gasteiger partial charge in [0.1, 0.15) is 0 Å². The monoisotopic (exact) mass is 419 g/mol. The van der Waals surface area contributed by atoms with Crippen molar-refractivity contribution in [2.24, 2.45) is 5.92 Å². The van der Waals surface area contributed by atoms with E-state index >= 15 is 0 Å². The maximum Gasteiger partial charge on any atom is 0.323 e. The van der Waals surface area contributed by atoms with E-state index in [0.717, 1.165) is 10.8 Å². The Kier molecular flexibility index (Phi) is 6.04. The zero-order valence-electron chi connectivity index (χ0n) is 17.3. The Hall–Kier alpha value is -3.58. The second-order valence-electron chi connectivity index (χ2n) is 7.68. The molecule has 0 aliphatic carbocycles. The van der Waals surface area contributed by atoms with E-state index in [-0.39, 0.29) is 25.0 Å². The van der Waals surface area contributed by atoms with Crippen molar-refractivity contribution in [1.82, 2.24) is 4.90 Å². The summed E-state index contributed by atoms with van der Waals surface area (Å²) in [6.45, 7) is 3.01. The normalized spacial score (nSPS) is 16.1. The summed E-state index contributed by atoms with van der Waals surface area (Å²) in [5, 5.41) is 17.0. The quantitative estimate of drug-likeness (QED) is 0.597. The molecule has 1 unspecified atom stereocenters. The molecule has 0 bridgehead atoms. The number of carbonyl (C=O) groups excluding carboxylic acids is 2. The van der Waals surface area contributed by atoms with Crippen LogP contribution in [0.25, 0.3) is 10.8 Å². The molecular weight excluding hydrogens is 394 g/mol. The topological polar surface area (TPSA) is 90.9 Å². The van der Waals surface area contributed by atoms with E-state index in [9.17, 15) is 14.7 Å². The van der Waals surface area contributed by atoms with Crippen molar-refractivity contribution < 1.29 is 19.4 Å². The average Bonchev–Trinajstić information content (AvgIpc) is 2.77. The van der Waals surface area contributed by atoms with Crippen molar-refractivity contribution in [3.8, 4) is 5.75 Å². The summed E-state index contributed by atoms with van der Waals surface area (Å²) in [4.78, 5) is 27.4. The molecule has 160 valence electrons. The number of aliphatic hydroxyl groups is 1. The fourth-order valence-electron chi connectivity index (χ4n) is 3.79. The first-order valence-corrected chi connectivity index (χ1v) is 10.3. The number of β-amino-alcohol motifs (C(OH)–C–C–N with tert-alkyl or cyclic N) is 1. The van der Waals surface area contributed by atoms with Gasteiger partial charge < -0.3 is 25.4 Å². The van der Waals surface area contributed by atoms with Crippen LogP contribution in [-0.2, 0) is 0 Å². The molecule has 0 fully saturated rings. The van der Waals surface area contributed by atoms with Crippen LogP contribution >= 0.6 is 0 Å². The molecule has 4 rings (SSSR count). The van der Waals surface area contributed by atoms with Gasteiger partial charge in [0.15, 0.2) is 5.75 Å². The highest BCUT2D eigenvalue weighted by atomic mass is 16.5. The lowest BCUT2D eigenvalue weighted by Gasteiger charge is -2.30. The molecule has 3 N–H and O–H groups in total. The zero-order valence-corrected chi connectivity index (χ0v) is 17.3. The Labute approximate surface area is 180 Å². The predicted octanol–water partition coefficient (Wildman–Crippen LogP) is 3.95. The van der Waals surface area contributed by atoms with Gasteiger partial charge in [0.05, 0.1) is 30.2 Å². The van der Waals surface area contributed by atoms with Crippen LogP contribution in [0.5, 0.6) is 5.75 Å². The highest BCUT2D eigenvalue weighted by molar-refractivity contribution is 6.08. The maximum atomic E-state index is 13.0. The number of amides is 3. The molecule has 0 aromatic heterocycles. The average molecular weight is 419 g/mol. The molecule has 0 spiro atoms. The lowest BCUT2D eigenvalue weighted by molar-refractivity contribution is 0.0645. The first-order chi connectivity index (χ1) is 15.1. The minimum Gasteiger partial charge on any atom is -0.490 e. The third kappa shape index (κ3) is 4.46. The molecule has 0 radical (unpaired) electrons. The summed E-state index contributed by atoms with van der Waals surface area (Å²) in [5.74, 6) is 0.199. The van der Waals surface area contributed by atoms with Gasteiger partial charge in [0.2, 0.25) is 0 Å². The van der Waals surface area contributed by atoms with Crippen LogP contribution in [0.3, 0.4) is 0 Å². The lowest BCUT2D eigenvalue weighted by atomic mass is 10.1. The summed E-state index contributed by atoms with van der Waals surface area (Å²) in [5.41, 5.74) is 1.47. The molecule has 3 aromatic rings. The van der Waals surface area contributed by atoms with Crippen LogP contribution in [0.15, 0.2) is 60.7 Å². The van der Waals surface area contributed by atoms with Crippen LogP contribution < -0.4 is 15.4 Å². The zero-order chi connectivity index (χ0) is 21.8. The van der Waals surface area contributed by atoms with E-state index in [2.05, 4.69) is 10.6 Å². The van der Waals surface area contributed by atoms with Crippen LogP contribution in [0, 0.1) is 5.92 Å². The smallest absolute Gasteiger partial charge is 0.323 e. The molecule has 1 atom stereocenters. The van der Waals surface area contributed by atoms with Crippen LogP contribution in [-0.4, -0.2) is 48.2 Å². The Balaban J connectivity index is 1.60. The second-order valence-corrected chi connectivity index (χ2v) is 7.68. The van der Waals surface area contributed by atoms with E-state index in [1.165, 1.54) is 0 Å². The molecule has 3 amide bonds. The SMILES string of the molecule is CC1COc2c(NC(=O)Nc3cccc4ccccc34)cccc2C(=O)N(CCO)C1. The number of para-hydroxylation sites is 1. The first-order valence-electron chi connectivity index (χ1n) is 10.3. The minimum atomic E-state index is -0.428. The number of anilines is 2. The number of carbonyl (C=O) groups is 2. The highest BCUT2D eigenvalue weighted by Gasteiger charge is 2.26. The Bertz CT molecular complexity index is 1110. The third-order valence-corrected chi connectivity index (χ3v) is 5.23. The van der Waals surface area contributed by atoms with Crippen LogP contribution in [0.2, 0.25) is 0 Å². The number of hydrogen-bond acceptors (Lipinski definition) is 4. The number of benzene rings is 3. The van der Waals surface area contributed by atoms with Gasteiger partial charge in [-0.1, -0.05) is 49.4 Å². The third-order valence-electron chi connectivity index (χ3n) is 5.23. The molecule has 1 aliphatic heterocycles. The molecule has 1 aliphatic rings. The first kappa shape index (κ1) is 20.7. The van der Waals surface area contributed by atoms with Gasteiger partial charge in [-0.25, -0.2) is 4.79 Å². The van der Waals surface area contributed by atoms with Gasteiger partial charge in [0.25, 0.3) is 5.91 Å². The largest absolute Gasteiger partial charge is 0.490 e. The standard InChI is InChI=1S/C24H25N3O4/c1-16-14-27(12-13-28)23(29)19-9-5-11-21(22(19)31-15-16)26-24(30)25-20-10-4-7-17-6-2-3-8-18(17)20/h2-11,16,28H,12-15H2,1H3,(H2,25,26,30). The predicted molar refractivity (Wildman–Crippen MR) is 121 cm³/mol. The number of urea groups is 1. The fourth-order valence-corrected chi connectivity index (χ4v) is 3.79. The highest BCUT2D eigenvalue weighted by Crippen LogP contribution is 2.32. The number of ether oxygens (including phenoxy) is 1. The van der Waals surface area contributed by atoms with Crippen molar-refractivity contribution >= 4 is 34.1 Å². The molecule has 0 saturated carbocycles. The number of nitrogens with one attached hydrogen (secondary N) is 2. The summed E-state index contributed by atoms with van der Waals surface area (Å²) in [6.07, 6.45) is 0. The minimum absolute atomic E-state index is 0.0845. The maximum absolute atomic E-state index is 13.0. The Morgan fingerprint density at radius 3 is 2.61 bits per heavy atom. The Morgan fingerprint density at radius 2 is 1.77 bits per heavy atom. The number of nitrogens with zero attached hydrogens (tertiary/aromatic N) is 1. The number of hydrogen-bond donors (Lipinski definition) is 3. The van der Waals surface area contributed by atoms with E-state index in [0.29, 0.717) is 35.8 Å². The van der Waals surface area contributed by atoms with Crippen molar-refractivity contribution in [2.45, 2.75) is 6.92 Å². The van der Waals surface area contributed by atoms with Gasteiger partial charge >= 0.3 is 6.03 Å². The Morgan fingerprint density at radius 1 is 1.06 bits per heavy atom. The lowest BCUT2D eigenvalue weighted by Crippen LogP contribution is -2.40. The second kappa shape index (κ2) is 9.06. The molecule has 0 saturated heterocycles. The van der Waals surface area contributed by atoms with E-state index in [1.807, 2.05) is 49.4 Å².